The molecule has 0 bridgehead atoms. The van der Waals surface area contributed by atoms with Gasteiger partial charge in [0, 0.05) is 18.1 Å². The molecule has 3 aromatic rings. The molecule has 1 unspecified atom stereocenters. The van der Waals surface area contributed by atoms with Crippen molar-refractivity contribution < 1.29 is 14.3 Å². The molecule has 1 saturated heterocycles. The number of ether oxygens (including phenoxy) is 1. The highest BCUT2D eigenvalue weighted by Crippen LogP contribution is 2.28. The number of hydrogen-bond donors (Lipinski definition) is 1. The average Bonchev–Trinajstić information content (AvgIpc) is 3.31. The van der Waals surface area contributed by atoms with Crippen molar-refractivity contribution in [3.63, 3.8) is 0 Å². The number of likely N-dealkylation sites (tertiary alicyclic amines) is 1. The van der Waals surface area contributed by atoms with E-state index in [0.29, 0.717) is 59.0 Å². The van der Waals surface area contributed by atoms with E-state index in [0.717, 1.165) is 0 Å². The summed E-state index contributed by atoms with van der Waals surface area (Å²) in [5, 5.41) is 0.918. The average molecular weight is 469 g/mol. The molecule has 1 fully saturated rings. The summed E-state index contributed by atoms with van der Waals surface area (Å²) in [5.74, 6) is 0.340. The van der Waals surface area contributed by atoms with Gasteiger partial charge < -0.3 is 19.5 Å². The maximum atomic E-state index is 13.5. The number of H-pyrrole nitrogens is 1. The van der Waals surface area contributed by atoms with Crippen molar-refractivity contribution >= 4 is 34.3 Å². The molecule has 33 heavy (non-hydrogen) atoms. The van der Waals surface area contributed by atoms with Gasteiger partial charge in [0.2, 0.25) is 5.91 Å². The Bertz CT molecular complexity index is 1260. The summed E-state index contributed by atoms with van der Waals surface area (Å²) >= 11 is 6.10. The standard InChI is InChI=1S/C24H25ClN4O4/c1-3-28(14-21-26-18-8-5-4-7-16(18)22(30)27-21)24(32)19-9-6-12-29(19)23(31)17-13-15(25)10-11-20(17)33-2/h4-5,7-8,10-11,13,19H,3,6,9,12,14H2,1-2H3,(H,26,27,30). The first-order valence-electron chi connectivity index (χ1n) is 10.8. The maximum Gasteiger partial charge on any atom is 0.258 e. The molecule has 1 atom stereocenters. The van der Waals surface area contributed by atoms with E-state index in [9.17, 15) is 14.4 Å². The monoisotopic (exact) mass is 468 g/mol. The summed E-state index contributed by atoms with van der Waals surface area (Å²) in [6.45, 7) is 2.88. The molecule has 2 aromatic carbocycles. The van der Waals surface area contributed by atoms with Crippen molar-refractivity contribution in [1.82, 2.24) is 19.8 Å². The van der Waals surface area contributed by atoms with Crippen LogP contribution in [0.15, 0.2) is 47.3 Å². The Kier molecular flexibility index (Phi) is 6.65. The van der Waals surface area contributed by atoms with Crippen LogP contribution >= 0.6 is 11.6 Å². The fourth-order valence-electron chi connectivity index (χ4n) is 4.22. The van der Waals surface area contributed by atoms with Gasteiger partial charge in [0.05, 0.1) is 30.1 Å². The number of aromatic amines is 1. The molecule has 1 N–H and O–H groups in total. The van der Waals surface area contributed by atoms with Crippen LogP contribution in [0.2, 0.25) is 5.02 Å². The lowest BCUT2D eigenvalue weighted by molar-refractivity contribution is -0.135. The van der Waals surface area contributed by atoms with Crippen LogP contribution in [0.1, 0.15) is 35.9 Å². The van der Waals surface area contributed by atoms with E-state index < -0.39 is 6.04 Å². The van der Waals surface area contributed by atoms with Crippen LogP contribution in [-0.2, 0) is 11.3 Å². The molecular weight excluding hydrogens is 444 g/mol. The van der Waals surface area contributed by atoms with Gasteiger partial charge in [-0.15, -0.1) is 0 Å². The Morgan fingerprint density at radius 1 is 1.27 bits per heavy atom. The Balaban J connectivity index is 1.57. The third kappa shape index (κ3) is 4.57. The van der Waals surface area contributed by atoms with Crippen LogP contribution in [0.25, 0.3) is 10.9 Å². The van der Waals surface area contributed by atoms with Crippen molar-refractivity contribution in [1.29, 1.82) is 0 Å². The van der Waals surface area contributed by atoms with Crippen molar-refractivity contribution in [2.45, 2.75) is 32.4 Å². The molecule has 8 nitrogen and oxygen atoms in total. The van der Waals surface area contributed by atoms with E-state index in [1.165, 1.54) is 7.11 Å². The van der Waals surface area contributed by atoms with E-state index in [2.05, 4.69) is 9.97 Å². The molecule has 0 spiro atoms. The highest BCUT2D eigenvalue weighted by Gasteiger charge is 2.37. The number of benzene rings is 2. The number of nitrogens with one attached hydrogen (secondary N) is 1. The summed E-state index contributed by atoms with van der Waals surface area (Å²) in [6.07, 6.45) is 1.28. The fourth-order valence-corrected chi connectivity index (χ4v) is 4.39. The predicted molar refractivity (Wildman–Crippen MR) is 126 cm³/mol. The summed E-state index contributed by atoms with van der Waals surface area (Å²) < 4.78 is 5.33. The van der Waals surface area contributed by atoms with Gasteiger partial charge in [-0.25, -0.2) is 4.98 Å². The number of nitrogens with zero attached hydrogens (tertiary/aromatic N) is 3. The molecule has 1 aromatic heterocycles. The smallest absolute Gasteiger partial charge is 0.258 e. The summed E-state index contributed by atoms with van der Waals surface area (Å²) in [5.41, 5.74) is 0.656. The molecule has 2 amide bonds. The van der Waals surface area contributed by atoms with Crippen LogP contribution < -0.4 is 10.3 Å². The zero-order chi connectivity index (χ0) is 23.5. The van der Waals surface area contributed by atoms with E-state index in [4.69, 9.17) is 16.3 Å². The molecule has 0 aliphatic carbocycles. The van der Waals surface area contributed by atoms with Crippen LogP contribution in [0.4, 0.5) is 0 Å². The van der Waals surface area contributed by atoms with Gasteiger partial charge in [-0.2, -0.15) is 0 Å². The Hall–Kier alpha value is -3.39. The number of carbonyl (C=O) groups excluding carboxylic acids is 2. The van der Waals surface area contributed by atoms with Crippen LogP contribution in [0, 0.1) is 0 Å². The minimum atomic E-state index is -0.603. The van der Waals surface area contributed by atoms with Crippen LogP contribution in [0.3, 0.4) is 0 Å². The van der Waals surface area contributed by atoms with Crippen molar-refractivity contribution in [3.05, 3.63) is 69.2 Å². The number of fused-ring (bicyclic) bond motifs is 1. The summed E-state index contributed by atoms with van der Waals surface area (Å²) in [6, 6.07) is 11.3. The van der Waals surface area contributed by atoms with E-state index >= 15 is 0 Å². The second kappa shape index (κ2) is 9.62. The number of likely N-dealkylation sites (N-methyl/N-ethyl adjacent to an activating group) is 1. The number of halogens is 1. The molecule has 2 heterocycles. The predicted octanol–water partition coefficient (Wildman–Crippen LogP) is 3.24. The first kappa shape index (κ1) is 22.8. The maximum absolute atomic E-state index is 13.5. The van der Waals surface area contributed by atoms with E-state index in [-0.39, 0.29) is 23.9 Å². The van der Waals surface area contributed by atoms with Gasteiger partial charge in [0.25, 0.3) is 11.5 Å². The minimum Gasteiger partial charge on any atom is -0.496 e. The molecule has 0 radical (unpaired) electrons. The number of carbonyl (C=O) groups is 2. The highest BCUT2D eigenvalue weighted by molar-refractivity contribution is 6.31. The third-order valence-corrected chi connectivity index (χ3v) is 6.12. The van der Waals surface area contributed by atoms with Crippen molar-refractivity contribution in [3.8, 4) is 5.75 Å². The summed E-state index contributed by atoms with van der Waals surface area (Å²) in [7, 11) is 1.49. The Morgan fingerprint density at radius 2 is 2.06 bits per heavy atom. The zero-order valence-electron chi connectivity index (χ0n) is 18.5. The number of rotatable bonds is 6. The molecular formula is C24H25ClN4O4. The minimum absolute atomic E-state index is 0.147. The largest absolute Gasteiger partial charge is 0.496 e. The SMILES string of the molecule is CCN(Cc1nc2ccccc2c(=O)[nH]1)C(=O)C1CCCN1C(=O)c1cc(Cl)ccc1OC. The molecule has 172 valence electrons. The van der Waals surface area contributed by atoms with Gasteiger partial charge in [-0.05, 0) is 50.1 Å². The Labute approximate surface area is 196 Å². The number of amides is 2. The van der Waals surface area contributed by atoms with Gasteiger partial charge in [-0.1, -0.05) is 23.7 Å². The first-order valence-corrected chi connectivity index (χ1v) is 11.2. The van der Waals surface area contributed by atoms with Crippen LogP contribution in [0.5, 0.6) is 5.75 Å². The number of aromatic nitrogens is 2. The lowest BCUT2D eigenvalue weighted by Crippen LogP contribution is -2.47. The quantitative estimate of drug-likeness (QED) is 0.599. The number of para-hydroxylation sites is 1. The molecule has 0 saturated carbocycles. The van der Waals surface area contributed by atoms with Gasteiger partial charge >= 0.3 is 0 Å². The zero-order valence-corrected chi connectivity index (χ0v) is 19.3. The topological polar surface area (TPSA) is 95.6 Å². The van der Waals surface area contributed by atoms with Crippen molar-refractivity contribution in [2.24, 2.45) is 0 Å². The molecule has 4 rings (SSSR count). The molecule has 9 heteroatoms. The second-order valence-corrected chi connectivity index (χ2v) is 8.32. The Morgan fingerprint density at radius 3 is 2.82 bits per heavy atom. The van der Waals surface area contributed by atoms with E-state index in [1.54, 1.807) is 46.2 Å². The number of hydrogen-bond acceptors (Lipinski definition) is 5. The van der Waals surface area contributed by atoms with Gasteiger partial charge in [-0.3, -0.25) is 14.4 Å². The number of methoxy groups -OCH3 is 1. The summed E-state index contributed by atoms with van der Waals surface area (Å²) in [4.78, 5) is 49.6. The first-order chi connectivity index (χ1) is 15.9. The van der Waals surface area contributed by atoms with Crippen molar-refractivity contribution in [2.75, 3.05) is 20.2 Å². The highest BCUT2D eigenvalue weighted by atomic mass is 35.5. The van der Waals surface area contributed by atoms with Crippen LogP contribution in [-0.4, -0.2) is 57.8 Å². The van der Waals surface area contributed by atoms with E-state index in [1.807, 2.05) is 13.0 Å². The molecule has 1 aliphatic heterocycles. The lowest BCUT2D eigenvalue weighted by Gasteiger charge is -2.30. The third-order valence-electron chi connectivity index (χ3n) is 5.89. The fraction of sp³-hybridized carbons (Fsp3) is 0.333. The normalized spacial score (nSPS) is 15.6. The molecule has 1 aliphatic rings. The lowest BCUT2D eigenvalue weighted by atomic mass is 10.1. The second-order valence-electron chi connectivity index (χ2n) is 7.88. The van der Waals surface area contributed by atoms with Gasteiger partial charge in [0.15, 0.2) is 0 Å². The van der Waals surface area contributed by atoms with Gasteiger partial charge in [0.1, 0.15) is 17.6 Å².